The van der Waals surface area contributed by atoms with Crippen LogP contribution < -0.4 is 15.0 Å². The van der Waals surface area contributed by atoms with Gasteiger partial charge in [0.15, 0.2) is 29.6 Å². The number of nitrogens with zero attached hydrogens (tertiary/aromatic N) is 6. The molecule has 0 spiro atoms. The average Bonchev–Trinajstić information content (AvgIpc) is 3.28. The van der Waals surface area contributed by atoms with Crippen LogP contribution in [-0.4, -0.2) is 62.4 Å². The molecule has 2 bridgehead atoms. The predicted octanol–water partition coefficient (Wildman–Crippen LogP) is 3.56. The summed E-state index contributed by atoms with van der Waals surface area (Å²) in [6.45, 7) is -0.735. The number of fused-ring (bicyclic) bond motifs is 3. The van der Waals surface area contributed by atoms with Crippen molar-refractivity contribution in [2.75, 3.05) is 29.9 Å². The number of alkyl halides is 5. The molecule has 0 aromatic carbocycles. The maximum absolute atomic E-state index is 14.1. The molecule has 3 aromatic heterocycles. The predicted molar refractivity (Wildman–Crippen MR) is 107 cm³/mol. The highest BCUT2D eigenvalue weighted by Crippen LogP contribution is 2.40. The lowest BCUT2D eigenvalue weighted by atomic mass is 9.92. The molecule has 4 heterocycles. The van der Waals surface area contributed by atoms with Crippen molar-refractivity contribution in [3.05, 3.63) is 36.7 Å². The van der Waals surface area contributed by atoms with Crippen molar-refractivity contribution in [3.8, 4) is 5.75 Å². The van der Waals surface area contributed by atoms with Crippen LogP contribution in [0.3, 0.4) is 0 Å². The fraction of sp³-hybridized carbons (Fsp3) is 0.500. The zero-order valence-corrected chi connectivity index (χ0v) is 17.5. The van der Waals surface area contributed by atoms with Gasteiger partial charge in [0.05, 0.1) is 6.20 Å². The Morgan fingerprint density at radius 2 is 1.85 bits per heavy atom. The molecule has 5 rings (SSSR count). The Labute approximate surface area is 189 Å². The summed E-state index contributed by atoms with van der Waals surface area (Å²) in [6.07, 6.45) is -0.00681. The van der Waals surface area contributed by atoms with E-state index in [1.165, 1.54) is 29.2 Å². The molecular formula is C20H19F6N7O. The first kappa shape index (κ1) is 22.5. The number of aromatic nitrogens is 5. The zero-order valence-electron chi connectivity index (χ0n) is 17.5. The molecule has 1 saturated heterocycles. The van der Waals surface area contributed by atoms with Gasteiger partial charge in [0.25, 0.3) is 0 Å². The Morgan fingerprint density at radius 1 is 1.12 bits per heavy atom. The third kappa shape index (κ3) is 4.05. The Kier molecular flexibility index (Phi) is 5.40. The molecule has 1 aliphatic carbocycles. The number of ether oxygens (including phenoxy) is 1. The van der Waals surface area contributed by atoms with E-state index in [-0.39, 0.29) is 41.0 Å². The number of halogens is 6. The van der Waals surface area contributed by atoms with Gasteiger partial charge in [-0.15, -0.1) is 5.10 Å². The quantitative estimate of drug-likeness (QED) is 0.533. The summed E-state index contributed by atoms with van der Waals surface area (Å²) < 4.78 is 84.0. The topological polar surface area (TPSA) is 80.5 Å². The molecule has 1 unspecified atom stereocenters. The Balaban J connectivity index is 1.31. The lowest BCUT2D eigenvalue weighted by Crippen LogP contribution is -2.48. The van der Waals surface area contributed by atoms with Gasteiger partial charge in [-0.25, -0.2) is 18.9 Å². The van der Waals surface area contributed by atoms with Crippen LogP contribution in [0, 0.1) is 17.7 Å². The maximum Gasteiger partial charge on any atom is 0.456 e. The van der Waals surface area contributed by atoms with Gasteiger partial charge < -0.3 is 15.0 Å². The van der Waals surface area contributed by atoms with Crippen molar-refractivity contribution < 1.29 is 31.1 Å². The standard InChI is InChI=1S/C20H19F6N7O/c21-13-6-27-10-28-16(13)32-7-11-3-4-12(8-32)15(11)29-18-30-17-14(2-1-5-33(17)31-18)34-9-19(22,23)20(24,25)26/h1-2,5-6,10-12,15H,3-4,7-9H2,(H,29,31)/t11-,12+,15?. The minimum absolute atomic E-state index is 0.0100. The highest BCUT2D eigenvalue weighted by molar-refractivity contribution is 5.56. The number of anilines is 2. The number of piperidine rings is 1. The zero-order chi connectivity index (χ0) is 24.1. The van der Waals surface area contributed by atoms with Crippen molar-refractivity contribution >= 4 is 17.4 Å². The van der Waals surface area contributed by atoms with Crippen LogP contribution >= 0.6 is 0 Å². The monoisotopic (exact) mass is 487 g/mol. The van der Waals surface area contributed by atoms with Gasteiger partial charge in [0, 0.05) is 25.3 Å². The largest absolute Gasteiger partial charge is 0.483 e. The highest BCUT2D eigenvalue weighted by Gasteiger charge is 2.58. The summed E-state index contributed by atoms with van der Waals surface area (Å²) in [4.78, 5) is 13.9. The van der Waals surface area contributed by atoms with Crippen LogP contribution in [0.4, 0.5) is 38.1 Å². The SMILES string of the molecule is Fc1cncnc1N1C[C@H]2CC[C@@H](C1)C2Nc1nc2c(OCC(F)(F)C(F)(F)F)cccn2n1. The second kappa shape index (κ2) is 8.17. The third-order valence-electron chi connectivity index (χ3n) is 6.23. The van der Waals surface area contributed by atoms with E-state index in [0.717, 1.165) is 19.0 Å². The van der Waals surface area contributed by atoms with E-state index in [1.54, 1.807) is 0 Å². The summed E-state index contributed by atoms with van der Waals surface area (Å²) in [6, 6.07) is 2.64. The van der Waals surface area contributed by atoms with E-state index in [4.69, 9.17) is 4.74 Å². The van der Waals surface area contributed by atoms with Crippen molar-refractivity contribution in [1.82, 2.24) is 24.6 Å². The van der Waals surface area contributed by atoms with Crippen molar-refractivity contribution in [1.29, 1.82) is 0 Å². The number of hydrogen-bond acceptors (Lipinski definition) is 7. The normalized spacial score (nSPS) is 22.9. The van der Waals surface area contributed by atoms with Crippen LogP contribution in [0.25, 0.3) is 5.65 Å². The molecule has 2 aliphatic rings. The van der Waals surface area contributed by atoms with Gasteiger partial charge in [0.2, 0.25) is 5.95 Å². The fourth-order valence-corrected chi connectivity index (χ4v) is 4.62. The van der Waals surface area contributed by atoms with E-state index in [0.29, 0.717) is 13.1 Å². The van der Waals surface area contributed by atoms with E-state index < -0.39 is 24.5 Å². The first-order chi connectivity index (χ1) is 16.1. The summed E-state index contributed by atoms with van der Waals surface area (Å²) in [7, 11) is 0. The molecule has 1 N–H and O–H groups in total. The molecule has 8 nitrogen and oxygen atoms in total. The van der Waals surface area contributed by atoms with E-state index in [9.17, 15) is 26.3 Å². The fourth-order valence-electron chi connectivity index (χ4n) is 4.62. The second-order valence-electron chi connectivity index (χ2n) is 8.43. The first-order valence-corrected chi connectivity index (χ1v) is 10.5. The first-order valence-electron chi connectivity index (χ1n) is 10.5. The summed E-state index contributed by atoms with van der Waals surface area (Å²) in [5.74, 6) is -4.97. The number of rotatable bonds is 6. The molecule has 2 fully saturated rings. The van der Waals surface area contributed by atoms with Crippen LogP contribution in [0.15, 0.2) is 30.9 Å². The molecule has 14 heteroatoms. The van der Waals surface area contributed by atoms with Gasteiger partial charge >= 0.3 is 12.1 Å². The molecule has 3 atom stereocenters. The highest BCUT2D eigenvalue weighted by atomic mass is 19.4. The Bertz CT molecular complexity index is 1170. The molecule has 34 heavy (non-hydrogen) atoms. The Morgan fingerprint density at radius 3 is 2.53 bits per heavy atom. The smallest absolute Gasteiger partial charge is 0.456 e. The second-order valence-corrected chi connectivity index (χ2v) is 8.43. The van der Waals surface area contributed by atoms with E-state index >= 15 is 0 Å². The van der Waals surface area contributed by atoms with Crippen LogP contribution in [0.1, 0.15) is 12.8 Å². The minimum Gasteiger partial charge on any atom is -0.483 e. The maximum atomic E-state index is 14.1. The number of nitrogens with one attached hydrogen (secondary N) is 1. The lowest BCUT2D eigenvalue weighted by molar-refractivity contribution is -0.289. The summed E-state index contributed by atoms with van der Waals surface area (Å²) in [5, 5.41) is 7.52. The molecule has 1 saturated carbocycles. The van der Waals surface area contributed by atoms with Crippen LogP contribution in [0.5, 0.6) is 5.75 Å². The van der Waals surface area contributed by atoms with Gasteiger partial charge in [-0.1, -0.05) is 0 Å². The number of hydrogen-bond donors (Lipinski definition) is 1. The summed E-state index contributed by atoms with van der Waals surface area (Å²) in [5.41, 5.74) is 0.0100. The van der Waals surface area contributed by atoms with Crippen LogP contribution in [-0.2, 0) is 0 Å². The van der Waals surface area contributed by atoms with E-state index in [2.05, 4.69) is 25.4 Å². The molecule has 1 aliphatic heterocycles. The molecule has 0 radical (unpaired) electrons. The molecule has 3 aromatic rings. The summed E-state index contributed by atoms with van der Waals surface area (Å²) >= 11 is 0. The van der Waals surface area contributed by atoms with Gasteiger partial charge in [-0.05, 0) is 36.8 Å². The van der Waals surface area contributed by atoms with Gasteiger partial charge in [-0.3, -0.25) is 0 Å². The number of pyridine rings is 1. The van der Waals surface area contributed by atoms with Crippen LogP contribution in [0.2, 0.25) is 0 Å². The van der Waals surface area contributed by atoms with Gasteiger partial charge in [-0.2, -0.15) is 26.9 Å². The lowest BCUT2D eigenvalue weighted by Gasteiger charge is -2.38. The minimum atomic E-state index is -5.72. The van der Waals surface area contributed by atoms with E-state index in [1.807, 2.05) is 4.90 Å². The third-order valence-corrected chi connectivity index (χ3v) is 6.23. The Hall–Kier alpha value is -3.32. The van der Waals surface area contributed by atoms with Gasteiger partial charge in [0.1, 0.15) is 6.33 Å². The average molecular weight is 487 g/mol. The molecule has 182 valence electrons. The van der Waals surface area contributed by atoms with Crippen molar-refractivity contribution in [3.63, 3.8) is 0 Å². The van der Waals surface area contributed by atoms with Crippen molar-refractivity contribution in [2.45, 2.75) is 31.0 Å². The molecular weight excluding hydrogens is 468 g/mol. The van der Waals surface area contributed by atoms with Crippen molar-refractivity contribution in [2.24, 2.45) is 11.8 Å². The molecule has 0 amide bonds.